The number of carbonyl (C=O) groups excluding carboxylic acids is 2. The molecule has 0 unspecified atom stereocenters. The van der Waals surface area contributed by atoms with E-state index >= 15 is 0 Å². The number of aryl methyl sites for hydroxylation is 2. The summed E-state index contributed by atoms with van der Waals surface area (Å²) in [6.45, 7) is 3.54. The minimum Gasteiger partial charge on any atom is -0.465 e. The number of amides is 1. The fourth-order valence-electron chi connectivity index (χ4n) is 4.13. The van der Waals surface area contributed by atoms with Crippen LogP contribution in [0.15, 0.2) is 47.4 Å². The van der Waals surface area contributed by atoms with Crippen LogP contribution in [-0.4, -0.2) is 44.3 Å². The van der Waals surface area contributed by atoms with Crippen LogP contribution >= 0.6 is 0 Å². The van der Waals surface area contributed by atoms with Crippen LogP contribution in [0.4, 0.5) is 5.69 Å². The Morgan fingerprint density at radius 2 is 1.59 bits per heavy atom. The second-order valence-electron chi connectivity index (χ2n) is 8.17. The van der Waals surface area contributed by atoms with Gasteiger partial charge < -0.3 is 10.1 Å². The van der Waals surface area contributed by atoms with Gasteiger partial charge in [-0.05, 0) is 62.1 Å². The van der Waals surface area contributed by atoms with E-state index in [1.54, 1.807) is 0 Å². The zero-order chi connectivity index (χ0) is 23.3. The van der Waals surface area contributed by atoms with Crippen LogP contribution in [-0.2, 0) is 19.6 Å². The zero-order valence-electron chi connectivity index (χ0n) is 18.8. The number of nitrogens with one attached hydrogen (secondary N) is 1. The number of methoxy groups -OCH3 is 1. The van der Waals surface area contributed by atoms with Crippen molar-refractivity contribution in [2.24, 2.45) is 0 Å². The maximum atomic E-state index is 13.5. The predicted molar refractivity (Wildman–Crippen MR) is 123 cm³/mol. The molecule has 0 heterocycles. The van der Waals surface area contributed by atoms with Gasteiger partial charge in [-0.1, -0.05) is 37.5 Å². The summed E-state index contributed by atoms with van der Waals surface area (Å²) in [5.74, 6) is -0.909. The molecule has 2 aromatic carbocycles. The first-order valence-corrected chi connectivity index (χ1v) is 12.2. The third-order valence-corrected chi connectivity index (χ3v) is 7.82. The van der Waals surface area contributed by atoms with E-state index in [4.69, 9.17) is 0 Å². The Balaban J connectivity index is 1.88. The van der Waals surface area contributed by atoms with E-state index in [1.165, 1.54) is 35.7 Å². The fourth-order valence-corrected chi connectivity index (χ4v) is 5.77. The second kappa shape index (κ2) is 10.3. The number of carbonyl (C=O) groups is 2. The summed E-state index contributed by atoms with van der Waals surface area (Å²) in [5.41, 5.74) is 2.82. The Bertz CT molecular complexity index is 1050. The molecule has 172 valence electrons. The Morgan fingerprint density at radius 1 is 1.00 bits per heavy atom. The van der Waals surface area contributed by atoms with Crippen molar-refractivity contribution in [1.82, 2.24) is 4.31 Å². The fraction of sp³-hybridized carbons (Fsp3) is 0.417. The molecule has 0 atom stereocenters. The topological polar surface area (TPSA) is 92.8 Å². The van der Waals surface area contributed by atoms with E-state index in [9.17, 15) is 18.0 Å². The van der Waals surface area contributed by atoms with Crippen LogP contribution in [0.2, 0.25) is 0 Å². The zero-order valence-corrected chi connectivity index (χ0v) is 19.6. The van der Waals surface area contributed by atoms with Gasteiger partial charge in [-0.25, -0.2) is 13.2 Å². The summed E-state index contributed by atoms with van der Waals surface area (Å²) in [6, 6.07) is 11.1. The Morgan fingerprint density at radius 3 is 2.16 bits per heavy atom. The van der Waals surface area contributed by atoms with Gasteiger partial charge in [-0.2, -0.15) is 4.31 Å². The lowest BCUT2D eigenvalue weighted by atomic mass is 9.95. The van der Waals surface area contributed by atoms with Crippen molar-refractivity contribution in [3.63, 3.8) is 0 Å². The average Bonchev–Trinajstić information content (AvgIpc) is 2.80. The van der Waals surface area contributed by atoms with Gasteiger partial charge in [0.1, 0.15) is 0 Å². The van der Waals surface area contributed by atoms with E-state index in [-0.39, 0.29) is 29.0 Å². The number of ether oxygens (including phenoxy) is 1. The molecule has 3 rings (SSSR count). The number of hydrogen-bond acceptors (Lipinski definition) is 5. The molecule has 2 aromatic rings. The summed E-state index contributed by atoms with van der Waals surface area (Å²) in [6.07, 6.45) is 4.35. The van der Waals surface area contributed by atoms with Gasteiger partial charge in [0.05, 0.1) is 24.1 Å². The minimum absolute atomic E-state index is 0.0515. The summed E-state index contributed by atoms with van der Waals surface area (Å²) < 4.78 is 33.1. The number of rotatable bonds is 7. The van der Waals surface area contributed by atoms with Gasteiger partial charge in [0, 0.05) is 11.7 Å². The molecule has 1 fully saturated rings. The normalized spacial score (nSPS) is 14.9. The number of benzene rings is 2. The number of hydrogen-bond donors (Lipinski definition) is 1. The first-order valence-electron chi connectivity index (χ1n) is 10.8. The molecule has 0 spiro atoms. The van der Waals surface area contributed by atoms with E-state index < -0.39 is 16.0 Å². The van der Waals surface area contributed by atoms with Crippen LogP contribution < -0.4 is 5.32 Å². The predicted octanol–water partition coefficient (Wildman–Crippen LogP) is 4.05. The molecule has 1 saturated carbocycles. The number of esters is 1. The Kier molecular flexibility index (Phi) is 7.69. The van der Waals surface area contributed by atoms with Crippen molar-refractivity contribution >= 4 is 27.6 Å². The molecule has 8 heteroatoms. The molecule has 0 aromatic heterocycles. The highest BCUT2D eigenvalue weighted by atomic mass is 32.2. The molecule has 1 N–H and O–H groups in total. The highest BCUT2D eigenvalue weighted by molar-refractivity contribution is 7.89. The molecule has 0 bridgehead atoms. The smallest absolute Gasteiger partial charge is 0.337 e. The number of sulfonamides is 1. The van der Waals surface area contributed by atoms with Gasteiger partial charge in [0.25, 0.3) is 0 Å². The summed E-state index contributed by atoms with van der Waals surface area (Å²) in [7, 11) is -2.67. The highest BCUT2D eigenvalue weighted by Gasteiger charge is 2.34. The van der Waals surface area contributed by atoms with Gasteiger partial charge in [-0.3, -0.25) is 4.79 Å². The lowest BCUT2D eigenvalue weighted by Gasteiger charge is -2.33. The molecule has 0 saturated heterocycles. The maximum Gasteiger partial charge on any atom is 0.337 e. The van der Waals surface area contributed by atoms with Crippen molar-refractivity contribution in [2.75, 3.05) is 19.0 Å². The number of anilines is 1. The molecular formula is C24H30N2O5S. The maximum absolute atomic E-state index is 13.5. The summed E-state index contributed by atoms with van der Waals surface area (Å²) >= 11 is 0. The third-order valence-electron chi connectivity index (χ3n) is 5.91. The standard InChI is InChI=1S/C24H30N2O5S/c1-17-8-7-9-18(2)23(17)25-22(27)16-26(20-10-5-4-6-11-20)32(29,30)21-14-12-19(13-15-21)24(28)31-3/h7-9,12-15,20H,4-6,10-11,16H2,1-3H3,(H,25,27). The van der Waals surface area contributed by atoms with Crippen LogP contribution in [0.25, 0.3) is 0 Å². The first kappa shape index (κ1) is 23.9. The lowest BCUT2D eigenvalue weighted by Crippen LogP contribution is -2.45. The Hall–Kier alpha value is -2.71. The van der Waals surface area contributed by atoms with Gasteiger partial charge in [0.15, 0.2) is 0 Å². The SMILES string of the molecule is COC(=O)c1ccc(S(=O)(=O)N(CC(=O)Nc2c(C)cccc2C)C2CCCCC2)cc1. The Labute approximate surface area is 189 Å². The number of nitrogens with zero attached hydrogens (tertiary/aromatic N) is 1. The van der Waals surface area contributed by atoms with E-state index in [0.717, 1.165) is 43.2 Å². The van der Waals surface area contributed by atoms with Crippen LogP contribution in [0.1, 0.15) is 53.6 Å². The lowest BCUT2D eigenvalue weighted by molar-refractivity contribution is -0.116. The quantitative estimate of drug-likeness (QED) is 0.632. The van der Waals surface area contributed by atoms with Crippen molar-refractivity contribution in [3.05, 3.63) is 59.2 Å². The van der Waals surface area contributed by atoms with Crippen LogP contribution in [0.5, 0.6) is 0 Å². The van der Waals surface area contributed by atoms with E-state index in [1.807, 2.05) is 32.0 Å². The molecule has 32 heavy (non-hydrogen) atoms. The molecule has 1 aliphatic carbocycles. The molecule has 0 radical (unpaired) electrons. The summed E-state index contributed by atoms with van der Waals surface area (Å²) in [4.78, 5) is 24.7. The van der Waals surface area contributed by atoms with Gasteiger partial charge in [0.2, 0.25) is 15.9 Å². The molecule has 1 aliphatic rings. The van der Waals surface area contributed by atoms with Gasteiger partial charge >= 0.3 is 5.97 Å². The monoisotopic (exact) mass is 458 g/mol. The molecular weight excluding hydrogens is 428 g/mol. The van der Waals surface area contributed by atoms with Crippen molar-refractivity contribution in [3.8, 4) is 0 Å². The second-order valence-corrected chi connectivity index (χ2v) is 10.1. The van der Waals surface area contributed by atoms with Gasteiger partial charge in [-0.15, -0.1) is 0 Å². The molecule has 1 amide bonds. The summed E-state index contributed by atoms with van der Waals surface area (Å²) in [5, 5.41) is 2.90. The van der Waals surface area contributed by atoms with Crippen molar-refractivity contribution in [1.29, 1.82) is 0 Å². The minimum atomic E-state index is -3.94. The van der Waals surface area contributed by atoms with Crippen LogP contribution in [0, 0.1) is 13.8 Å². The first-order chi connectivity index (χ1) is 15.2. The molecule has 0 aliphatic heterocycles. The largest absolute Gasteiger partial charge is 0.465 e. The van der Waals surface area contributed by atoms with E-state index in [0.29, 0.717) is 5.69 Å². The van der Waals surface area contributed by atoms with Crippen LogP contribution in [0.3, 0.4) is 0 Å². The van der Waals surface area contributed by atoms with E-state index in [2.05, 4.69) is 10.1 Å². The molecule has 7 nitrogen and oxygen atoms in total. The van der Waals surface area contributed by atoms with Crippen molar-refractivity contribution in [2.45, 2.75) is 56.9 Å². The average molecular weight is 459 g/mol. The van der Waals surface area contributed by atoms with Crippen molar-refractivity contribution < 1.29 is 22.7 Å². The highest BCUT2D eigenvalue weighted by Crippen LogP contribution is 2.28. The number of para-hydroxylation sites is 1. The third kappa shape index (κ3) is 5.37.